The molecule has 1 N–H and O–H groups in total. The van der Waals surface area contributed by atoms with Gasteiger partial charge in [0.2, 0.25) is 0 Å². The highest BCUT2D eigenvalue weighted by atomic mass is 14.9. The third kappa shape index (κ3) is 2.09. The molecule has 0 heterocycles. The predicted molar refractivity (Wildman–Crippen MR) is 77.0 cm³/mol. The molecule has 1 aromatic carbocycles. The van der Waals surface area contributed by atoms with Crippen LogP contribution < -0.4 is 5.32 Å². The Morgan fingerprint density at radius 1 is 1.11 bits per heavy atom. The molecule has 2 aliphatic carbocycles. The summed E-state index contributed by atoms with van der Waals surface area (Å²) >= 11 is 0. The van der Waals surface area contributed by atoms with Gasteiger partial charge in [0.1, 0.15) is 0 Å². The van der Waals surface area contributed by atoms with E-state index in [1.54, 1.807) is 11.1 Å². The lowest BCUT2D eigenvalue weighted by Crippen LogP contribution is -2.27. The first kappa shape index (κ1) is 12.2. The number of rotatable bonds is 4. The molecule has 0 spiro atoms. The van der Waals surface area contributed by atoms with E-state index in [4.69, 9.17) is 0 Å². The fourth-order valence-electron chi connectivity index (χ4n) is 4.14. The molecule has 18 heavy (non-hydrogen) atoms. The molecule has 1 nitrogen and oxygen atoms in total. The molecule has 3 atom stereocenters. The summed E-state index contributed by atoms with van der Waals surface area (Å²) in [6, 6.07) is 9.22. The monoisotopic (exact) mass is 243 g/mol. The highest BCUT2D eigenvalue weighted by Crippen LogP contribution is 2.52. The number of benzene rings is 1. The van der Waals surface area contributed by atoms with Gasteiger partial charge in [-0.2, -0.15) is 0 Å². The van der Waals surface area contributed by atoms with Crippen LogP contribution in [0.1, 0.15) is 62.0 Å². The Morgan fingerprint density at radius 3 is 2.72 bits per heavy atom. The van der Waals surface area contributed by atoms with Gasteiger partial charge >= 0.3 is 0 Å². The highest BCUT2D eigenvalue weighted by molar-refractivity contribution is 5.40. The first-order chi connectivity index (χ1) is 8.92. The fraction of sp³-hybridized carbons (Fsp3) is 0.647. The van der Waals surface area contributed by atoms with Gasteiger partial charge in [0.25, 0.3) is 0 Å². The molecule has 0 aliphatic heterocycles. The summed E-state index contributed by atoms with van der Waals surface area (Å²) in [4.78, 5) is 0. The van der Waals surface area contributed by atoms with Crippen molar-refractivity contribution in [2.45, 2.75) is 50.9 Å². The summed E-state index contributed by atoms with van der Waals surface area (Å²) in [6.45, 7) is 4.60. The summed E-state index contributed by atoms with van der Waals surface area (Å²) < 4.78 is 0. The van der Waals surface area contributed by atoms with Crippen molar-refractivity contribution in [3.8, 4) is 0 Å². The minimum absolute atomic E-state index is 0.776. The van der Waals surface area contributed by atoms with Crippen LogP contribution in [-0.2, 0) is 0 Å². The van der Waals surface area contributed by atoms with Gasteiger partial charge in [-0.05, 0) is 48.8 Å². The average Bonchev–Trinajstić information content (AvgIpc) is 2.74. The highest BCUT2D eigenvalue weighted by Gasteiger charge is 2.40. The van der Waals surface area contributed by atoms with E-state index in [1.807, 2.05) is 0 Å². The van der Waals surface area contributed by atoms with E-state index in [2.05, 4.69) is 36.5 Å². The first-order valence-corrected chi connectivity index (χ1v) is 7.71. The van der Waals surface area contributed by atoms with Gasteiger partial charge in [-0.15, -0.1) is 0 Å². The summed E-state index contributed by atoms with van der Waals surface area (Å²) in [5.74, 6) is 2.56. The Morgan fingerprint density at radius 2 is 1.89 bits per heavy atom. The Balaban J connectivity index is 1.83. The van der Waals surface area contributed by atoms with Crippen molar-refractivity contribution in [2.75, 3.05) is 13.1 Å². The molecule has 0 bridgehead atoms. The fourth-order valence-corrected chi connectivity index (χ4v) is 4.14. The second kappa shape index (κ2) is 5.44. The minimum Gasteiger partial charge on any atom is -0.316 e. The van der Waals surface area contributed by atoms with Crippen LogP contribution in [0.3, 0.4) is 0 Å². The second-order valence-corrected chi connectivity index (χ2v) is 5.99. The van der Waals surface area contributed by atoms with Crippen molar-refractivity contribution >= 4 is 0 Å². The molecule has 0 aromatic heterocycles. The molecule has 0 amide bonds. The van der Waals surface area contributed by atoms with E-state index >= 15 is 0 Å². The van der Waals surface area contributed by atoms with Crippen LogP contribution in [0.5, 0.6) is 0 Å². The number of nitrogens with one attached hydrogen (secondary N) is 1. The zero-order valence-electron chi connectivity index (χ0n) is 11.5. The van der Waals surface area contributed by atoms with Crippen molar-refractivity contribution in [1.29, 1.82) is 0 Å². The maximum Gasteiger partial charge on any atom is 0.00231 e. The molecular formula is C17H25N. The number of hydrogen-bond donors (Lipinski definition) is 1. The van der Waals surface area contributed by atoms with Crippen LogP contribution in [0.25, 0.3) is 0 Å². The van der Waals surface area contributed by atoms with Gasteiger partial charge in [0.15, 0.2) is 0 Å². The van der Waals surface area contributed by atoms with Crippen molar-refractivity contribution < 1.29 is 0 Å². The number of fused-ring (bicyclic) bond motifs is 3. The normalized spacial score (nSPS) is 29.9. The van der Waals surface area contributed by atoms with Crippen molar-refractivity contribution in [1.82, 2.24) is 5.32 Å². The van der Waals surface area contributed by atoms with Gasteiger partial charge in [-0.25, -0.2) is 0 Å². The Bertz CT molecular complexity index is 398. The second-order valence-electron chi connectivity index (χ2n) is 5.99. The smallest absolute Gasteiger partial charge is 0.00231 e. The Kier molecular flexibility index (Phi) is 3.69. The Hall–Kier alpha value is -0.820. The standard InChI is InChI=1S/C17H25N/c1-2-11-18-12-17-15-9-5-3-7-13(15)14-8-4-6-10-16(14)17/h3,5,7,9,14,16-18H,2,4,6,8,10-12H2,1H3. The molecule has 1 saturated carbocycles. The molecule has 98 valence electrons. The van der Waals surface area contributed by atoms with E-state index in [-0.39, 0.29) is 0 Å². The van der Waals surface area contributed by atoms with Crippen LogP contribution in [-0.4, -0.2) is 13.1 Å². The summed E-state index contributed by atoms with van der Waals surface area (Å²) in [6.07, 6.45) is 6.98. The van der Waals surface area contributed by atoms with Gasteiger partial charge in [-0.3, -0.25) is 0 Å². The molecule has 1 heteroatoms. The molecule has 0 radical (unpaired) electrons. The van der Waals surface area contributed by atoms with Crippen LogP contribution in [0.4, 0.5) is 0 Å². The van der Waals surface area contributed by atoms with Crippen molar-refractivity contribution in [3.63, 3.8) is 0 Å². The van der Waals surface area contributed by atoms with Crippen LogP contribution >= 0.6 is 0 Å². The third-order valence-electron chi connectivity index (χ3n) is 4.92. The summed E-state index contributed by atoms with van der Waals surface area (Å²) in [5, 5.41) is 3.65. The van der Waals surface area contributed by atoms with E-state index in [0.717, 1.165) is 24.3 Å². The first-order valence-electron chi connectivity index (χ1n) is 7.71. The van der Waals surface area contributed by atoms with Gasteiger partial charge < -0.3 is 5.32 Å². The van der Waals surface area contributed by atoms with Crippen molar-refractivity contribution in [3.05, 3.63) is 35.4 Å². The molecule has 0 saturated heterocycles. The molecular weight excluding hydrogens is 218 g/mol. The lowest BCUT2D eigenvalue weighted by molar-refractivity contribution is 0.284. The van der Waals surface area contributed by atoms with E-state index in [9.17, 15) is 0 Å². The molecule has 3 rings (SSSR count). The number of hydrogen-bond acceptors (Lipinski definition) is 1. The quantitative estimate of drug-likeness (QED) is 0.786. The summed E-state index contributed by atoms with van der Waals surface area (Å²) in [5.41, 5.74) is 3.32. The SMILES string of the molecule is CCCNCC1c2ccccc2C2CCCCC21. The van der Waals surface area contributed by atoms with Crippen LogP contribution in [0, 0.1) is 5.92 Å². The lowest BCUT2D eigenvalue weighted by atomic mass is 9.76. The molecule has 2 aliphatic rings. The van der Waals surface area contributed by atoms with Crippen molar-refractivity contribution in [2.24, 2.45) is 5.92 Å². The Labute approximate surface area is 111 Å². The largest absolute Gasteiger partial charge is 0.316 e. The maximum absolute atomic E-state index is 3.65. The third-order valence-corrected chi connectivity index (χ3v) is 4.92. The maximum atomic E-state index is 3.65. The van der Waals surface area contributed by atoms with Gasteiger partial charge in [-0.1, -0.05) is 44.0 Å². The van der Waals surface area contributed by atoms with Crippen LogP contribution in [0.15, 0.2) is 24.3 Å². The predicted octanol–water partition coefficient (Wildman–Crippen LogP) is 4.06. The average molecular weight is 243 g/mol. The van der Waals surface area contributed by atoms with Gasteiger partial charge in [0.05, 0.1) is 0 Å². The molecule has 1 fully saturated rings. The molecule has 3 unspecified atom stereocenters. The van der Waals surface area contributed by atoms with E-state index < -0.39 is 0 Å². The topological polar surface area (TPSA) is 12.0 Å². The zero-order chi connectivity index (χ0) is 12.4. The van der Waals surface area contributed by atoms with Crippen LogP contribution in [0.2, 0.25) is 0 Å². The zero-order valence-corrected chi connectivity index (χ0v) is 11.5. The van der Waals surface area contributed by atoms with Gasteiger partial charge in [0, 0.05) is 12.5 Å². The molecule has 1 aromatic rings. The van der Waals surface area contributed by atoms with E-state index in [0.29, 0.717) is 0 Å². The summed E-state index contributed by atoms with van der Waals surface area (Å²) in [7, 11) is 0. The minimum atomic E-state index is 0.776. The van der Waals surface area contributed by atoms with E-state index in [1.165, 1.54) is 38.6 Å². The lowest BCUT2D eigenvalue weighted by Gasteiger charge is -2.30.